The monoisotopic (exact) mass is 338 g/mol. The number of rotatable bonds is 6. The molecule has 0 atom stereocenters. The van der Waals surface area contributed by atoms with E-state index in [9.17, 15) is 9.18 Å². The Bertz CT molecular complexity index is 725. The average Bonchev–Trinajstić information content (AvgIpc) is 2.46. The fourth-order valence-corrected chi connectivity index (χ4v) is 2.20. The molecule has 0 aliphatic heterocycles. The van der Waals surface area contributed by atoms with E-state index in [0.29, 0.717) is 17.7 Å². The van der Waals surface area contributed by atoms with Crippen molar-refractivity contribution in [1.29, 1.82) is 0 Å². The number of benzene rings is 1. The van der Waals surface area contributed by atoms with Crippen molar-refractivity contribution in [3.05, 3.63) is 40.8 Å². The third-order valence-corrected chi connectivity index (χ3v) is 3.11. The molecular weight excluding hydrogens is 323 g/mol. The van der Waals surface area contributed by atoms with Crippen LogP contribution in [0.1, 0.15) is 10.4 Å². The van der Waals surface area contributed by atoms with E-state index in [1.807, 2.05) is 0 Å². The van der Waals surface area contributed by atoms with Crippen LogP contribution in [0.3, 0.4) is 0 Å². The third kappa shape index (κ3) is 3.88. The highest BCUT2D eigenvalue weighted by atomic mass is 35.5. The topological polar surface area (TPSA) is 66.5 Å². The second-order valence-electron chi connectivity index (χ2n) is 4.82. The zero-order valence-electron chi connectivity index (χ0n) is 12.9. The van der Waals surface area contributed by atoms with Gasteiger partial charge in [0.25, 0.3) is 0 Å². The lowest BCUT2D eigenvalue weighted by Gasteiger charge is -2.18. The van der Waals surface area contributed by atoms with E-state index in [1.54, 1.807) is 25.2 Å². The van der Waals surface area contributed by atoms with Gasteiger partial charge in [-0.2, -0.15) is 0 Å². The van der Waals surface area contributed by atoms with Gasteiger partial charge >= 0.3 is 0 Å². The van der Waals surface area contributed by atoms with Gasteiger partial charge in [-0.25, -0.2) is 14.4 Å². The Balaban J connectivity index is 2.49. The van der Waals surface area contributed by atoms with Crippen LogP contribution in [0.2, 0.25) is 5.15 Å². The molecule has 0 unspecified atom stereocenters. The molecule has 0 fully saturated rings. The summed E-state index contributed by atoms with van der Waals surface area (Å²) in [6.07, 6.45) is 0.642. The Labute approximate surface area is 138 Å². The smallest absolute Gasteiger partial charge is 0.177 e. The van der Waals surface area contributed by atoms with E-state index in [0.717, 1.165) is 0 Å². The molecule has 23 heavy (non-hydrogen) atoms. The number of ether oxygens (including phenoxy) is 1. The number of carbonyl (C=O) groups excluding carboxylic acids is 1. The number of nitrogens with zero attached hydrogens (tertiary/aromatic N) is 2. The van der Waals surface area contributed by atoms with Crippen LogP contribution in [-0.4, -0.2) is 37.5 Å². The molecule has 0 aliphatic rings. The number of methoxy groups -OCH3 is 1. The van der Waals surface area contributed by atoms with Gasteiger partial charge in [-0.1, -0.05) is 17.7 Å². The van der Waals surface area contributed by atoms with Crippen molar-refractivity contribution in [1.82, 2.24) is 9.99 Å². The summed E-state index contributed by atoms with van der Waals surface area (Å²) in [5, 5.41) is 4.76. The highest BCUT2D eigenvalue weighted by molar-refractivity contribution is 6.30. The van der Waals surface area contributed by atoms with Gasteiger partial charge in [0, 0.05) is 14.1 Å². The largest absolute Gasteiger partial charge is 0.492 e. The minimum absolute atomic E-state index is 0.0411. The summed E-state index contributed by atoms with van der Waals surface area (Å²) in [6.45, 7) is 0. The molecule has 8 heteroatoms. The van der Waals surface area contributed by atoms with Crippen molar-refractivity contribution >= 4 is 35.1 Å². The average molecular weight is 339 g/mol. The van der Waals surface area contributed by atoms with Gasteiger partial charge in [0.1, 0.15) is 5.15 Å². The maximum Gasteiger partial charge on any atom is 0.177 e. The lowest BCUT2D eigenvalue weighted by Crippen LogP contribution is -2.22. The zero-order chi connectivity index (χ0) is 17.0. The lowest BCUT2D eigenvalue weighted by molar-refractivity contribution is 0.112. The maximum absolute atomic E-state index is 13.8. The van der Waals surface area contributed by atoms with Crippen LogP contribution >= 0.6 is 11.6 Å². The van der Waals surface area contributed by atoms with Crippen LogP contribution in [0, 0.1) is 5.82 Å². The van der Waals surface area contributed by atoms with Crippen molar-refractivity contribution in [2.75, 3.05) is 31.9 Å². The summed E-state index contributed by atoms with van der Waals surface area (Å²) < 4.78 is 18.8. The molecule has 6 nitrogen and oxygen atoms in total. The molecule has 1 heterocycles. The molecule has 1 aromatic heterocycles. The van der Waals surface area contributed by atoms with E-state index in [2.05, 4.69) is 15.7 Å². The quantitative estimate of drug-likeness (QED) is 0.478. The molecule has 0 saturated heterocycles. The first kappa shape index (κ1) is 17.0. The number of pyridine rings is 1. The first-order valence-corrected chi connectivity index (χ1v) is 7.03. The second kappa shape index (κ2) is 7.26. The Morgan fingerprint density at radius 1 is 1.35 bits per heavy atom. The summed E-state index contributed by atoms with van der Waals surface area (Å²) in [7, 11) is 4.86. The zero-order valence-corrected chi connectivity index (χ0v) is 13.6. The molecule has 0 radical (unpaired) electrons. The van der Waals surface area contributed by atoms with Crippen LogP contribution < -0.4 is 15.5 Å². The Morgan fingerprint density at radius 2 is 2.09 bits per heavy atom. The van der Waals surface area contributed by atoms with Gasteiger partial charge in [0.2, 0.25) is 0 Å². The van der Waals surface area contributed by atoms with Gasteiger partial charge in [-0.15, -0.1) is 0 Å². The summed E-state index contributed by atoms with van der Waals surface area (Å²) >= 11 is 6.00. The number of aldehydes is 1. The minimum atomic E-state index is -0.517. The molecule has 2 N–H and O–H groups in total. The Hall–Kier alpha value is -2.38. The SMILES string of the molecule is COc1c(F)cccc1Nc1cc(Cl)nc(NN(C)C)c1C=O. The van der Waals surface area contributed by atoms with Crippen molar-refractivity contribution in [3.8, 4) is 5.75 Å². The van der Waals surface area contributed by atoms with E-state index in [1.165, 1.54) is 25.3 Å². The number of hydrogen-bond acceptors (Lipinski definition) is 6. The highest BCUT2D eigenvalue weighted by Gasteiger charge is 2.15. The van der Waals surface area contributed by atoms with E-state index < -0.39 is 5.82 Å². The predicted molar refractivity (Wildman–Crippen MR) is 88.2 cm³/mol. The van der Waals surface area contributed by atoms with E-state index in [-0.39, 0.29) is 22.3 Å². The summed E-state index contributed by atoms with van der Waals surface area (Å²) in [5.41, 5.74) is 3.90. The van der Waals surface area contributed by atoms with Crippen LogP contribution in [0.25, 0.3) is 0 Å². The lowest BCUT2D eigenvalue weighted by atomic mass is 10.2. The Kier molecular flexibility index (Phi) is 5.36. The number of hydrazine groups is 1. The van der Waals surface area contributed by atoms with Gasteiger partial charge < -0.3 is 15.5 Å². The molecule has 0 spiro atoms. The van der Waals surface area contributed by atoms with Gasteiger partial charge in [-0.05, 0) is 18.2 Å². The summed E-state index contributed by atoms with van der Waals surface area (Å²) in [6, 6.07) is 5.92. The van der Waals surface area contributed by atoms with Crippen molar-refractivity contribution in [3.63, 3.8) is 0 Å². The number of para-hydroxylation sites is 1. The van der Waals surface area contributed by atoms with Crippen molar-refractivity contribution < 1.29 is 13.9 Å². The summed E-state index contributed by atoms with van der Waals surface area (Å²) in [5.74, 6) is -0.188. The van der Waals surface area contributed by atoms with Gasteiger partial charge in [0.05, 0.1) is 24.0 Å². The summed E-state index contributed by atoms with van der Waals surface area (Å²) in [4.78, 5) is 15.5. The van der Waals surface area contributed by atoms with Crippen LogP contribution in [0.4, 0.5) is 21.6 Å². The Morgan fingerprint density at radius 3 is 2.70 bits per heavy atom. The molecule has 0 bridgehead atoms. The molecule has 0 amide bonds. The molecule has 1 aromatic carbocycles. The first-order valence-electron chi connectivity index (χ1n) is 6.65. The van der Waals surface area contributed by atoms with Crippen LogP contribution in [-0.2, 0) is 0 Å². The van der Waals surface area contributed by atoms with Crippen LogP contribution in [0.5, 0.6) is 5.75 Å². The minimum Gasteiger partial charge on any atom is -0.492 e. The van der Waals surface area contributed by atoms with Crippen LogP contribution in [0.15, 0.2) is 24.3 Å². The highest BCUT2D eigenvalue weighted by Crippen LogP contribution is 2.33. The van der Waals surface area contributed by atoms with E-state index >= 15 is 0 Å². The molecule has 0 saturated carbocycles. The fraction of sp³-hybridized carbons (Fsp3) is 0.200. The van der Waals surface area contributed by atoms with Crippen molar-refractivity contribution in [2.24, 2.45) is 0 Å². The number of hydrogen-bond donors (Lipinski definition) is 2. The van der Waals surface area contributed by atoms with Gasteiger partial charge in [0.15, 0.2) is 23.7 Å². The standard InChI is InChI=1S/C15H16ClFN4O2/c1-21(2)20-15-9(8-22)12(7-13(16)19-15)18-11-6-4-5-10(17)14(11)23-3/h4-8H,1-3H3,(H2,18,19,20). The fourth-order valence-electron chi connectivity index (χ4n) is 2.00. The molecule has 122 valence electrons. The first-order chi connectivity index (χ1) is 11.0. The molecule has 0 aliphatic carbocycles. The number of anilines is 3. The van der Waals surface area contributed by atoms with Gasteiger partial charge in [-0.3, -0.25) is 4.79 Å². The third-order valence-electron chi connectivity index (χ3n) is 2.92. The second-order valence-corrected chi connectivity index (χ2v) is 5.21. The predicted octanol–water partition coefficient (Wildman–Crippen LogP) is 3.33. The molecule has 2 aromatic rings. The molecular formula is C15H16ClFN4O2. The number of nitrogens with one attached hydrogen (secondary N) is 2. The number of halogens is 2. The normalized spacial score (nSPS) is 10.5. The number of aromatic nitrogens is 1. The van der Waals surface area contributed by atoms with Crippen molar-refractivity contribution in [2.45, 2.75) is 0 Å². The van der Waals surface area contributed by atoms with E-state index in [4.69, 9.17) is 16.3 Å². The number of carbonyl (C=O) groups is 1. The molecule has 2 rings (SSSR count). The maximum atomic E-state index is 13.8.